The predicted octanol–water partition coefficient (Wildman–Crippen LogP) is 5.73. The van der Waals surface area contributed by atoms with Gasteiger partial charge in [0, 0.05) is 11.6 Å². The largest absolute Gasteiger partial charge is 0.0836 e. The van der Waals surface area contributed by atoms with E-state index in [4.69, 9.17) is 34.8 Å². The third-order valence-corrected chi connectivity index (χ3v) is 3.24. The molecule has 1 radical (unpaired) electrons. The van der Waals surface area contributed by atoms with Crippen molar-refractivity contribution in [3.05, 3.63) is 56.5 Å². The van der Waals surface area contributed by atoms with Crippen molar-refractivity contribution in [3.63, 3.8) is 0 Å². The molecule has 0 aliphatic carbocycles. The normalized spacial score (nSPS) is 10.6. The maximum absolute atomic E-state index is 6.19. The highest BCUT2D eigenvalue weighted by Gasteiger charge is 2.11. The summed E-state index contributed by atoms with van der Waals surface area (Å²) in [5.41, 5.74) is 4.11. The second kappa shape index (κ2) is 4.89. The Bertz CT molecular complexity index is 530. The molecule has 2 aromatic rings. The van der Waals surface area contributed by atoms with Crippen LogP contribution in [0.5, 0.6) is 0 Å². The first-order chi connectivity index (χ1) is 7.97. The monoisotopic (exact) mass is 283 g/mol. The molecule has 87 valence electrons. The predicted molar refractivity (Wildman–Crippen MR) is 75.2 cm³/mol. The van der Waals surface area contributed by atoms with E-state index < -0.39 is 0 Å². The van der Waals surface area contributed by atoms with Gasteiger partial charge in [0.1, 0.15) is 0 Å². The van der Waals surface area contributed by atoms with E-state index in [1.54, 1.807) is 6.07 Å². The highest BCUT2D eigenvalue weighted by atomic mass is 35.5. The summed E-state index contributed by atoms with van der Waals surface area (Å²) in [6.45, 7) is 4.08. The number of hydrogen-bond donors (Lipinski definition) is 0. The first-order valence-corrected chi connectivity index (χ1v) is 6.26. The quantitative estimate of drug-likeness (QED) is 0.627. The van der Waals surface area contributed by atoms with Gasteiger partial charge in [-0.1, -0.05) is 64.1 Å². The first kappa shape index (κ1) is 12.8. The summed E-state index contributed by atoms with van der Waals surface area (Å²) in [6, 6.07) is 10.7. The Balaban J connectivity index is 2.68. The summed E-state index contributed by atoms with van der Waals surface area (Å²) in [5, 5.41) is 1.42. The maximum atomic E-state index is 6.19. The van der Waals surface area contributed by atoms with Gasteiger partial charge in [-0.15, -0.1) is 0 Å². The minimum absolute atomic E-state index is 0.424. The number of aryl methyl sites for hydroxylation is 2. The molecule has 0 unspecified atom stereocenters. The van der Waals surface area contributed by atoms with Crippen LogP contribution < -0.4 is 0 Å². The molecule has 0 saturated carbocycles. The SMILES string of the molecule is Cc1cc(C)cc(-c2c(Cl)[c]c(Cl)cc2Cl)c1. The molecule has 0 N–H and O–H groups in total. The summed E-state index contributed by atoms with van der Waals surface area (Å²) in [6.07, 6.45) is 0. The fourth-order valence-corrected chi connectivity index (χ4v) is 2.86. The molecule has 0 fully saturated rings. The Morgan fingerprint density at radius 1 is 0.882 bits per heavy atom. The lowest BCUT2D eigenvalue weighted by atomic mass is 10.0. The molecule has 0 amide bonds. The van der Waals surface area contributed by atoms with Crippen LogP contribution in [0.3, 0.4) is 0 Å². The standard InChI is InChI=1S/C14H10Cl3/c1-8-3-9(2)5-10(4-8)14-12(16)6-11(15)7-13(14)17/h3-6H,1-2H3. The summed E-state index contributed by atoms with van der Waals surface area (Å²) in [5.74, 6) is 0. The molecule has 17 heavy (non-hydrogen) atoms. The van der Waals surface area contributed by atoms with Gasteiger partial charge < -0.3 is 0 Å². The fraction of sp³-hybridized carbons (Fsp3) is 0.143. The smallest absolute Gasteiger partial charge is 0.0593 e. The molecule has 3 heteroatoms. The molecule has 0 spiro atoms. The third kappa shape index (κ3) is 2.77. The second-order valence-corrected chi connectivity index (χ2v) is 5.22. The Labute approximate surface area is 116 Å². The van der Waals surface area contributed by atoms with Crippen LogP contribution in [0, 0.1) is 19.9 Å². The zero-order valence-corrected chi connectivity index (χ0v) is 11.7. The van der Waals surface area contributed by atoms with Crippen LogP contribution in [0.2, 0.25) is 15.1 Å². The summed E-state index contributed by atoms with van der Waals surface area (Å²) in [4.78, 5) is 0. The molecule has 0 heterocycles. The highest BCUT2D eigenvalue weighted by molar-refractivity contribution is 6.41. The number of hydrogen-bond acceptors (Lipinski definition) is 0. The zero-order valence-electron chi connectivity index (χ0n) is 9.44. The van der Waals surface area contributed by atoms with Crippen molar-refractivity contribution in [2.45, 2.75) is 13.8 Å². The van der Waals surface area contributed by atoms with Crippen molar-refractivity contribution >= 4 is 34.8 Å². The first-order valence-electron chi connectivity index (χ1n) is 5.13. The zero-order chi connectivity index (χ0) is 12.6. The number of rotatable bonds is 1. The maximum Gasteiger partial charge on any atom is 0.0593 e. The summed E-state index contributed by atoms with van der Waals surface area (Å²) in [7, 11) is 0. The van der Waals surface area contributed by atoms with Crippen molar-refractivity contribution < 1.29 is 0 Å². The van der Waals surface area contributed by atoms with Crippen molar-refractivity contribution in [3.8, 4) is 11.1 Å². The minimum Gasteiger partial charge on any atom is -0.0836 e. The van der Waals surface area contributed by atoms with Gasteiger partial charge in [0.25, 0.3) is 0 Å². The molecular formula is C14H10Cl3. The van der Waals surface area contributed by atoms with Gasteiger partial charge in [0.2, 0.25) is 0 Å². The molecule has 2 aromatic carbocycles. The topological polar surface area (TPSA) is 0 Å². The summed E-state index contributed by atoms with van der Waals surface area (Å²) < 4.78 is 0. The lowest BCUT2D eigenvalue weighted by Gasteiger charge is -2.09. The summed E-state index contributed by atoms with van der Waals surface area (Å²) >= 11 is 18.2. The molecule has 0 aliphatic heterocycles. The fourth-order valence-electron chi connectivity index (χ4n) is 1.88. The van der Waals surface area contributed by atoms with Gasteiger partial charge in [-0.3, -0.25) is 0 Å². The Morgan fingerprint density at radius 3 is 2.00 bits per heavy atom. The van der Waals surface area contributed by atoms with Crippen LogP contribution in [-0.4, -0.2) is 0 Å². The van der Waals surface area contributed by atoms with E-state index in [9.17, 15) is 0 Å². The highest BCUT2D eigenvalue weighted by Crippen LogP contribution is 2.37. The lowest BCUT2D eigenvalue weighted by Crippen LogP contribution is -1.86. The molecule has 2 rings (SSSR count). The van der Waals surface area contributed by atoms with E-state index in [1.807, 2.05) is 26.0 Å². The minimum atomic E-state index is 0.424. The van der Waals surface area contributed by atoms with E-state index in [2.05, 4.69) is 12.1 Å². The molecule has 0 bridgehead atoms. The molecule has 0 aromatic heterocycles. The van der Waals surface area contributed by atoms with E-state index in [0.717, 1.165) is 11.1 Å². The molecule has 0 nitrogen and oxygen atoms in total. The van der Waals surface area contributed by atoms with Gasteiger partial charge >= 0.3 is 0 Å². The van der Waals surface area contributed by atoms with Crippen LogP contribution in [0.15, 0.2) is 24.3 Å². The van der Waals surface area contributed by atoms with Crippen molar-refractivity contribution in [1.29, 1.82) is 0 Å². The number of halogens is 3. The van der Waals surface area contributed by atoms with Gasteiger partial charge in [-0.05, 0) is 25.5 Å². The second-order valence-electron chi connectivity index (χ2n) is 4.03. The molecular weight excluding hydrogens is 275 g/mol. The molecule has 0 aliphatic rings. The van der Waals surface area contributed by atoms with E-state index in [1.165, 1.54) is 11.1 Å². The average molecular weight is 285 g/mol. The van der Waals surface area contributed by atoms with Crippen molar-refractivity contribution in [2.24, 2.45) is 0 Å². The van der Waals surface area contributed by atoms with Crippen LogP contribution in [0.1, 0.15) is 11.1 Å². The Hall–Kier alpha value is -0.690. The number of benzene rings is 2. The van der Waals surface area contributed by atoms with E-state index >= 15 is 0 Å². The molecule has 0 saturated heterocycles. The van der Waals surface area contributed by atoms with E-state index in [-0.39, 0.29) is 0 Å². The third-order valence-electron chi connectivity index (χ3n) is 2.45. The van der Waals surface area contributed by atoms with Crippen molar-refractivity contribution in [2.75, 3.05) is 0 Å². The van der Waals surface area contributed by atoms with Crippen LogP contribution in [0.25, 0.3) is 11.1 Å². The van der Waals surface area contributed by atoms with Gasteiger partial charge in [0.15, 0.2) is 0 Å². The van der Waals surface area contributed by atoms with Crippen LogP contribution in [0.4, 0.5) is 0 Å². The Kier molecular flexibility index (Phi) is 3.67. The van der Waals surface area contributed by atoms with Crippen LogP contribution >= 0.6 is 34.8 Å². The van der Waals surface area contributed by atoms with Gasteiger partial charge in [-0.2, -0.15) is 0 Å². The van der Waals surface area contributed by atoms with Crippen molar-refractivity contribution in [1.82, 2.24) is 0 Å². The Morgan fingerprint density at radius 2 is 1.47 bits per heavy atom. The van der Waals surface area contributed by atoms with E-state index in [0.29, 0.717) is 15.1 Å². The van der Waals surface area contributed by atoms with Gasteiger partial charge in [-0.25, -0.2) is 0 Å². The van der Waals surface area contributed by atoms with Crippen LogP contribution in [-0.2, 0) is 0 Å². The van der Waals surface area contributed by atoms with Gasteiger partial charge in [0.05, 0.1) is 15.1 Å². The lowest BCUT2D eigenvalue weighted by molar-refractivity contribution is 1.38. The molecule has 0 atom stereocenters. The average Bonchev–Trinajstić information content (AvgIpc) is 2.13.